The third-order valence-electron chi connectivity index (χ3n) is 5.47. The van der Waals surface area contributed by atoms with Gasteiger partial charge in [-0.15, -0.1) is 0 Å². The summed E-state index contributed by atoms with van der Waals surface area (Å²) in [5.41, 5.74) is 0. The highest BCUT2D eigenvalue weighted by Gasteiger charge is 2.13. The van der Waals surface area contributed by atoms with Gasteiger partial charge in [0.15, 0.2) is 0 Å². The van der Waals surface area contributed by atoms with Crippen LogP contribution in [0.3, 0.4) is 0 Å². The van der Waals surface area contributed by atoms with Crippen molar-refractivity contribution in [2.24, 2.45) is 7.05 Å². The smallest absolute Gasteiger partial charge is 0.237 e. The first kappa shape index (κ1) is 22.3. The average molecular weight is 350 g/mol. The standard InChI is InChI=1S/C23H45N2/c1-4-6-8-10-11-12-13-14-16-18-20-25-22-21-24(3)23(25)19-17-15-9-7-5-2/h21-22H,4-20H2,1-3H3/q+1. The molecule has 0 aliphatic carbocycles. The van der Waals surface area contributed by atoms with Crippen LogP contribution in [0.5, 0.6) is 0 Å². The molecule has 0 aliphatic heterocycles. The number of rotatable bonds is 17. The van der Waals surface area contributed by atoms with Crippen molar-refractivity contribution < 1.29 is 4.57 Å². The van der Waals surface area contributed by atoms with Crippen LogP contribution in [0.15, 0.2) is 12.4 Å². The number of nitrogens with zero attached hydrogens (tertiary/aromatic N) is 2. The van der Waals surface area contributed by atoms with E-state index in [1.165, 1.54) is 115 Å². The lowest BCUT2D eigenvalue weighted by Gasteiger charge is -2.04. The molecule has 0 radical (unpaired) electrons. The van der Waals surface area contributed by atoms with E-state index in [0.717, 1.165) is 0 Å². The predicted octanol–water partition coefficient (Wildman–Crippen LogP) is 6.75. The topological polar surface area (TPSA) is 8.81 Å². The average Bonchev–Trinajstić information content (AvgIpc) is 2.96. The summed E-state index contributed by atoms with van der Waals surface area (Å²) in [7, 11) is 2.20. The Balaban J connectivity index is 2.08. The van der Waals surface area contributed by atoms with Crippen molar-refractivity contribution in [2.45, 2.75) is 123 Å². The summed E-state index contributed by atoms with van der Waals surface area (Å²) < 4.78 is 4.83. The van der Waals surface area contributed by atoms with Crippen LogP contribution < -0.4 is 4.57 Å². The van der Waals surface area contributed by atoms with Crippen molar-refractivity contribution >= 4 is 0 Å². The third-order valence-corrected chi connectivity index (χ3v) is 5.47. The van der Waals surface area contributed by atoms with Crippen LogP contribution in [0.25, 0.3) is 0 Å². The maximum atomic E-state index is 2.50. The maximum absolute atomic E-state index is 2.50. The van der Waals surface area contributed by atoms with Crippen molar-refractivity contribution in [2.75, 3.05) is 0 Å². The molecular formula is C23H45N2+. The summed E-state index contributed by atoms with van der Waals surface area (Å²) in [5.74, 6) is 1.52. The Bertz CT molecular complexity index is 408. The predicted molar refractivity (Wildman–Crippen MR) is 110 cm³/mol. The molecule has 1 heterocycles. The van der Waals surface area contributed by atoms with Gasteiger partial charge >= 0.3 is 0 Å². The number of aryl methyl sites for hydroxylation is 2. The summed E-state index contributed by atoms with van der Waals surface area (Å²) >= 11 is 0. The minimum atomic E-state index is 1.21. The Labute approximate surface area is 158 Å². The molecule has 0 unspecified atom stereocenters. The van der Waals surface area contributed by atoms with Gasteiger partial charge in [-0.25, -0.2) is 9.13 Å². The molecule has 0 bridgehead atoms. The van der Waals surface area contributed by atoms with Crippen molar-refractivity contribution in [3.05, 3.63) is 18.2 Å². The molecule has 0 aromatic carbocycles. The molecule has 0 N–H and O–H groups in total. The van der Waals surface area contributed by atoms with Crippen LogP contribution in [0, 0.1) is 0 Å². The summed E-state index contributed by atoms with van der Waals surface area (Å²) in [5, 5.41) is 0. The van der Waals surface area contributed by atoms with Crippen LogP contribution in [0.2, 0.25) is 0 Å². The molecule has 2 heteroatoms. The molecule has 25 heavy (non-hydrogen) atoms. The molecule has 0 atom stereocenters. The second kappa shape index (κ2) is 15.5. The van der Waals surface area contributed by atoms with Gasteiger partial charge in [0.25, 0.3) is 5.82 Å². The van der Waals surface area contributed by atoms with E-state index in [-0.39, 0.29) is 0 Å². The molecule has 0 spiro atoms. The zero-order chi connectivity index (χ0) is 18.2. The molecule has 1 aromatic heterocycles. The summed E-state index contributed by atoms with van der Waals surface area (Å²) in [4.78, 5) is 0. The fourth-order valence-electron chi connectivity index (χ4n) is 3.73. The lowest BCUT2D eigenvalue weighted by molar-refractivity contribution is -0.704. The van der Waals surface area contributed by atoms with Gasteiger partial charge in [-0.05, 0) is 19.3 Å². The van der Waals surface area contributed by atoms with Gasteiger partial charge in [0.1, 0.15) is 12.4 Å². The zero-order valence-electron chi connectivity index (χ0n) is 17.6. The number of hydrogen-bond donors (Lipinski definition) is 0. The van der Waals surface area contributed by atoms with E-state index in [0.29, 0.717) is 0 Å². The van der Waals surface area contributed by atoms with Crippen LogP contribution in [0.1, 0.15) is 116 Å². The van der Waals surface area contributed by atoms with E-state index in [9.17, 15) is 0 Å². The van der Waals surface area contributed by atoms with E-state index >= 15 is 0 Å². The summed E-state index contributed by atoms with van der Waals surface area (Å²) in [6.07, 6.45) is 26.8. The van der Waals surface area contributed by atoms with Crippen LogP contribution in [-0.2, 0) is 20.0 Å². The van der Waals surface area contributed by atoms with Crippen molar-refractivity contribution in [1.82, 2.24) is 4.57 Å². The molecule has 1 aromatic rings. The molecular weight excluding hydrogens is 304 g/mol. The Kier molecular flexibility index (Phi) is 13.8. The molecule has 146 valence electrons. The highest BCUT2D eigenvalue weighted by atomic mass is 15.1. The fraction of sp³-hybridized carbons (Fsp3) is 0.870. The highest BCUT2D eigenvalue weighted by Crippen LogP contribution is 2.11. The van der Waals surface area contributed by atoms with Crippen molar-refractivity contribution in [3.63, 3.8) is 0 Å². The van der Waals surface area contributed by atoms with E-state index in [4.69, 9.17) is 0 Å². The molecule has 2 nitrogen and oxygen atoms in total. The van der Waals surface area contributed by atoms with Crippen LogP contribution in [0.4, 0.5) is 0 Å². The molecule has 1 rings (SSSR count). The first-order chi connectivity index (χ1) is 12.3. The fourth-order valence-corrected chi connectivity index (χ4v) is 3.73. The van der Waals surface area contributed by atoms with Gasteiger partial charge in [-0.2, -0.15) is 0 Å². The normalized spacial score (nSPS) is 11.3. The first-order valence-corrected chi connectivity index (χ1v) is 11.3. The van der Waals surface area contributed by atoms with Gasteiger partial charge < -0.3 is 0 Å². The van der Waals surface area contributed by atoms with E-state index < -0.39 is 0 Å². The van der Waals surface area contributed by atoms with E-state index in [1.54, 1.807) is 0 Å². The minimum absolute atomic E-state index is 1.21. The van der Waals surface area contributed by atoms with E-state index in [2.05, 4.69) is 42.4 Å². The van der Waals surface area contributed by atoms with Gasteiger partial charge in [0, 0.05) is 6.42 Å². The Morgan fingerprint density at radius 1 is 0.680 bits per heavy atom. The second-order valence-corrected chi connectivity index (χ2v) is 7.86. The lowest BCUT2D eigenvalue weighted by Crippen LogP contribution is -2.37. The number of unbranched alkanes of at least 4 members (excludes halogenated alkanes) is 13. The van der Waals surface area contributed by atoms with Crippen LogP contribution >= 0.6 is 0 Å². The number of aromatic nitrogens is 2. The Hall–Kier alpha value is -0.790. The monoisotopic (exact) mass is 349 g/mol. The van der Waals surface area contributed by atoms with Gasteiger partial charge in [0.05, 0.1) is 13.6 Å². The Morgan fingerprint density at radius 3 is 1.72 bits per heavy atom. The zero-order valence-corrected chi connectivity index (χ0v) is 17.6. The number of hydrogen-bond acceptors (Lipinski definition) is 0. The summed E-state index contributed by atoms with van der Waals surface area (Å²) in [6, 6.07) is 0. The Morgan fingerprint density at radius 2 is 1.16 bits per heavy atom. The molecule has 0 fully saturated rings. The highest BCUT2D eigenvalue weighted by molar-refractivity contribution is 4.82. The number of imidazole rings is 1. The molecule has 0 saturated carbocycles. The van der Waals surface area contributed by atoms with Crippen molar-refractivity contribution in [3.8, 4) is 0 Å². The summed E-state index contributed by atoms with van der Waals surface area (Å²) in [6.45, 7) is 5.79. The molecule has 0 amide bonds. The maximum Gasteiger partial charge on any atom is 0.256 e. The third kappa shape index (κ3) is 10.7. The molecule has 0 aliphatic rings. The largest absolute Gasteiger partial charge is 0.256 e. The van der Waals surface area contributed by atoms with Gasteiger partial charge in [-0.3, -0.25) is 0 Å². The van der Waals surface area contributed by atoms with Gasteiger partial charge in [-0.1, -0.05) is 90.9 Å². The van der Waals surface area contributed by atoms with Crippen LogP contribution in [-0.4, -0.2) is 4.57 Å². The molecule has 0 saturated heterocycles. The van der Waals surface area contributed by atoms with Crippen molar-refractivity contribution in [1.29, 1.82) is 0 Å². The lowest BCUT2D eigenvalue weighted by atomic mass is 10.1. The first-order valence-electron chi connectivity index (χ1n) is 11.3. The van der Waals surface area contributed by atoms with Gasteiger partial charge in [0.2, 0.25) is 0 Å². The van der Waals surface area contributed by atoms with E-state index in [1.807, 2.05) is 0 Å². The SMILES string of the molecule is CCCCCCCCCCCC[n+]1ccn(C)c1CCCCCCC. The quantitative estimate of drug-likeness (QED) is 0.217. The minimum Gasteiger partial charge on any atom is -0.237 e. The second-order valence-electron chi connectivity index (χ2n) is 7.86.